The van der Waals surface area contributed by atoms with Crippen LogP contribution in [0.25, 0.3) is 22.5 Å². The third-order valence-electron chi connectivity index (χ3n) is 5.50. The van der Waals surface area contributed by atoms with Crippen molar-refractivity contribution in [2.45, 2.75) is 64.8 Å². The van der Waals surface area contributed by atoms with Crippen LogP contribution in [0.5, 0.6) is 5.75 Å². The average Bonchev–Trinajstić information content (AvgIpc) is 3.12. The highest BCUT2D eigenvalue weighted by Gasteiger charge is 2.19. The van der Waals surface area contributed by atoms with Gasteiger partial charge in [0.15, 0.2) is 0 Å². The third kappa shape index (κ3) is 6.57. The zero-order chi connectivity index (χ0) is 23.1. The van der Waals surface area contributed by atoms with Gasteiger partial charge in [-0.3, -0.25) is 4.68 Å². The normalized spacial score (nSPS) is 11.3. The van der Waals surface area contributed by atoms with Gasteiger partial charge in [0.25, 0.3) is 0 Å². The fraction of sp³-hybridized carbons (Fsp3) is 0.400. The van der Waals surface area contributed by atoms with E-state index >= 15 is 0 Å². The Kier molecular flexibility index (Phi) is 9.61. The van der Waals surface area contributed by atoms with Gasteiger partial charge in [0, 0.05) is 22.2 Å². The molecule has 2 aromatic carbocycles. The van der Waals surface area contributed by atoms with Crippen LogP contribution >= 0.6 is 46.4 Å². The highest BCUT2D eigenvalue weighted by atomic mass is 35.5. The topological polar surface area (TPSA) is 38.0 Å². The van der Waals surface area contributed by atoms with Crippen LogP contribution in [0.4, 0.5) is 0 Å². The van der Waals surface area contributed by atoms with E-state index in [-0.39, 0.29) is 5.75 Å². The molecule has 0 saturated carbocycles. The zero-order valence-corrected chi connectivity index (χ0v) is 21.2. The number of aryl methyl sites for hydroxylation is 1. The van der Waals surface area contributed by atoms with Gasteiger partial charge < -0.3 is 5.11 Å². The van der Waals surface area contributed by atoms with Crippen LogP contribution in [0.3, 0.4) is 0 Å². The van der Waals surface area contributed by atoms with Gasteiger partial charge in [0.1, 0.15) is 5.75 Å². The number of nitrogens with zero attached hydrogens (tertiary/aromatic N) is 2. The monoisotopic (exact) mass is 512 g/mol. The Bertz CT molecular complexity index is 1030. The van der Waals surface area contributed by atoms with Crippen molar-refractivity contribution in [3.05, 3.63) is 56.5 Å². The summed E-state index contributed by atoms with van der Waals surface area (Å²) in [5.74, 6) is -0.00650. The summed E-state index contributed by atoms with van der Waals surface area (Å²) in [5.41, 5.74) is 2.72. The number of aromatic hydroxyl groups is 1. The van der Waals surface area contributed by atoms with Crippen molar-refractivity contribution in [2.75, 3.05) is 0 Å². The first-order valence-corrected chi connectivity index (χ1v) is 12.6. The largest absolute Gasteiger partial charge is 0.507 e. The molecule has 1 N–H and O–H groups in total. The molecular weight excluding hydrogens is 486 g/mol. The predicted octanol–water partition coefficient (Wildman–Crippen LogP) is 9.68. The summed E-state index contributed by atoms with van der Waals surface area (Å²) in [7, 11) is 0. The smallest absolute Gasteiger partial charge is 0.128 e. The van der Waals surface area contributed by atoms with Crippen molar-refractivity contribution in [2.24, 2.45) is 0 Å². The fourth-order valence-corrected chi connectivity index (χ4v) is 4.92. The molecule has 1 heterocycles. The van der Waals surface area contributed by atoms with Crippen LogP contribution in [0.1, 0.15) is 58.3 Å². The van der Waals surface area contributed by atoms with Crippen molar-refractivity contribution >= 4 is 46.4 Å². The summed E-state index contributed by atoms with van der Waals surface area (Å²) in [6.07, 6.45) is 9.86. The molecule has 32 heavy (non-hydrogen) atoms. The number of hydrogen-bond donors (Lipinski definition) is 1. The minimum Gasteiger partial charge on any atom is -0.507 e. The van der Waals surface area contributed by atoms with E-state index in [0.717, 1.165) is 30.6 Å². The highest BCUT2D eigenvalue weighted by molar-refractivity contribution is 6.37. The standard InChI is InChI=1S/C25H28Cl4N2O/c1-2-3-4-5-6-7-8-9-12-31-23(19-11-10-17(26)13-20(19)28)16-22(30-31)25-21(29)14-18(27)15-24(25)32/h10-11,13-16,32H,2-9,12H2,1H3. The number of aromatic nitrogens is 2. The fourth-order valence-electron chi connectivity index (χ4n) is 3.83. The second-order valence-electron chi connectivity index (χ2n) is 8.02. The highest BCUT2D eigenvalue weighted by Crippen LogP contribution is 2.40. The molecule has 0 fully saturated rings. The number of halogens is 4. The molecule has 0 spiro atoms. The Morgan fingerprint density at radius 1 is 0.781 bits per heavy atom. The number of benzene rings is 2. The van der Waals surface area contributed by atoms with Crippen LogP contribution in [-0.4, -0.2) is 14.9 Å². The number of phenols is 1. The summed E-state index contributed by atoms with van der Waals surface area (Å²) in [6.45, 7) is 2.98. The van der Waals surface area contributed by atoms with E-state index in [4.69, 9.17) is 51.5 Å². The lowest BCUT2D eigenvalue weighted by molar-refractivity contribution is 0.477. The molecule has 172 valence electrons. The van der Waals surface area contributed by atoms with Crippen molar-refractivity contribution in [1.29, 1.82) is 0 Å². The molecule has 0 amide bonds. The quantitative estimate of drug-likeness (QED) is 0.259. The van der Waals surface area contributed by atoms with Gasteiger partial charge in [-0.05, 0) is 42.8 Å². The molecule has 0 aliphatic carbocycles. The van der Waals surface area contributed by atoms with Gasteiger partial charge >= 0.3 is 0 Å². The SMILES string of the molecule is CCCCCCCCCCn1nc(-c2c(O)cc(Cl)cc2Cl)cc1-c1ccc(Cl)cc1Cl. The van der Waals surface area contributed by atoms with E-state index in [1.54, 1.807) is 12.1 Å². The molecule has 0 radical (unpaired) electrons. The van der Waals surface area contributed by atoms with Crippen molar-refractivity contribution in [3.63, 3.8) is 0 Å². The van der Waals surface area contributed by atoms with E-state index in [9.17, 15) is 5.11 Å². The summed E-state index contributed by atoms with van der Waals surface area (Å²) >= 11 is 25.0. The van der Waals surface area contributed by atoms with Gasteiger partial charge in [-0.2, -0.15) is 5.10 Å². The molecule has 0 aliphatic heterocycles. The Hall–Kier alpha value is -1.39. The molecular formula is C25H28Cl4N2O. The second kappa shape index (κ2) is 12.2. The van der Waals surface area contributed by atoms with Gasteiger partial charge in [0.05, 0.1) is 27.0 Å². The van der Waals surface area contributed by atoms with E-state index in [1.807, 2.05) is 22.9 Å². The lowest BCUT2D eigenvalue weighted by atomic mass is 10.1. The predicted molar refractivity (Wildman–Crippen MR) is 137 cm³/mol. The Morgan fingerprint density at radius 3 is 2.09 bits per heavy atom. The number of phenolic OH excluding ortho intramolecular Hbond substituents is 1. The Labute approximate surface area is 210 Å². The van der Waals surface area contributed by atoms with E-state index < -0.39 is 0 Å². The maximum absolute atomic E-state index is 10.5. The van der Waals surface area contributed by atoms with Crippen molar-refractivity contribution in [3.8, 4) is 28.3 Å². The first-order valence-electron chi connectivity index (χ1n) is 11.1. The van der Waals surface area contributed by atoms with Crippen molar-refractivity contribution < 1.29 is 5.11 Å². The third-order valence-corrected chi connectivity index (χ3v) is 6.56. The van der Waals surface area contributed by atoms with Crippen molar-refractivity contribution in [1.82, 2.24) is 9.78 Å². The van der Waals surface area contributed by atoms with E-state index in [2.05, 4.69) is 6.92 Å². The van der Waals surface area contributed by atoms with Gasteiger partial charge in [-0.1, -0.05) is 98.3 Å². The maximum atomic E-state index is 10.5. The second-order valence-corrected chi connectivity index (χ2v) is 9.71. The molecule has 0 aliphatic rings. The molecule has 0 atom stereocenters. The molecule has 3 rings (SSSR count). The minimum atomic E-state index is -0.00650. The number of rotatable bonds is 11. The van der Waals surface area contributed by atoms with E-state index in [1.165, 1.54) is 44.6 Å². The lowest BCUT2D eigenvalue weighted by Gasteiger charge is -2.09. The molecule has 0 saturated heterocycles. The summed E-state index contributed by atoms with van der Waals surface area (Å²) in [5, 5.41) is 17.1. The zero-order valence-electron chi connectivity index (χ0n) is 18.2. The molecule has 0 bridgehead atoms. The first-order chi connectivity index (χ1) is 15.4. The molecule has 1 aromatic heterocycles. The summed E-state index contributed by atoms with van der Waals surface area (Å²) in [4.78, 5) is 0. The molecule has 3 aromatic rings. The van der Waals surface area contributed by atoms with E-state index in [0.29, 0.717) is 31.3 Å². The Balaban J connectivity index is 1.83. The lowest BCUT2D eigenvalue weighted by Crippen LogP contribution is -2.03. The molecule has 0 unspecified atom stereocenters. The van der Waals surface area contributed by atoms with Crippen LogP contribution in [0.2, 0.25) is 20.1 Å². The first kappa shape index (κ1) is 25.2. The van der Waals surface area contributed by atoms with Gasteiger partial charge in [-0.15, -0.1) is 0 Å². The van der Waals surface area contributed by atoms with Crippen LogP contribution in [-0.2, 0) is 6.54 Å². The summed E-state index contributed by atoms with van der Waals surface area (Å²) in [6, 6.07) is 10.4. The number of unbranched alkanes of at least 4 members (excludes halogenated alkanes) is 7. The van der Waals surface area contributed by atoms with Crippen LogP contribution in [0.15, 0.2) is 36.4 Å². The number of hydrogen-bond acceptors (Lipinski definition) is 2. The van der Waals surface area contributed by atoms with Gasteiger partial charge in [0.2, 0.25) is 0 Å². The van der Waals surface area contributed by atoms with Crippen LogP contribution in [0, 0.1) is 0 Å². The molecule has 7 heteroatoms. The maximum Gasteiger partial charge on any atom is 0.128 e. The van der Waals surface area contributed by atoms with Crippen LogP contribution < -0.4 is 0 Å². The average molecular weight is 514 g/mol. The summed E-state index contributed by atoms with van der Waals surface area (Å²) < 4.78 is 1.94. The Morgan fingerprint density at radius 2 is 1.44 bits per heavy atom. The van der Waals surface area contributed by atoms with Gasteiger partial charge in [-0.25, -0.2) is 0 Å². The molecule has 3 nitrogen and oxygen atoms in total. The minimum absolute atomic E-state index is 0.00650.